The van der Waals surface area contributed by atoms with Crippen LogP contribution in [0.15, 0.2) is 12.2 Å². The molecule has 0 aromatic rings. The molecule has 0 aromatic carbocycles. The lowest BCUT2D eigenvalue weighted by Gasteiger charge is -2.23. The van der Waals surface area contributed by atoms with Gasteiger partial charge in [0.15, 0.2) is 0 Å². The minimum atomic E-state index is 0.148. The average Bonchev–Trinajstić information content (AvgIpc) is 2.22. The lowest BCUT2D eigenvalue weighted by Crippen LogP contribution is -2.26. The van der Waals surface area contributed by atoms with Crippen LogP contribution in [-0.4, -0.2) is 19.0 Å². The summed E-state index contributed by atoms with van der Waals surface area (Å²) in [7, 11) is 0. The van der Waals surface area contributed by atoms with Crippen LogP contribution in [0, 0.1) is 5.41 Å². The Kier molecular flexibility index (Phi) is 7.90. The van der Waals surface area contributed by atoms with Crippen molar-refractivity contribution in [2.45, 2.75) is 46.5 Å². The van der Waals surface area contributed by atoms with Gasteiger partial charge in [0.25, 0.3) is 0 Å². The maximum absolute atomic E-state index is 11.5. The topological polar surface area (TPSA) is 55.1 Å². The summed E-state index contributed by atoms with van der Waals surface area (Å²) in [6.07, 6.45) is 7.44. The van der Waals surface area contributed by atoms with Gasteiger partial charge in [-0.05, 0) is 38.1 Å². The molecule has 3 N–H and O–H groups in total. The summed E-state index contributed by atoms with van der Waals surface area (Å²) in [4.78, 5) is 11.5. The van der Waals surface area contributed by atoms with E-state index in [0.29, 0.717) is 13.0 Å². The summed E-state index contributed by atoms with van der Waals surface area (Å²) in [6, 6.07) is 0. The highest BCUT2D eigenvalue weighted by molar-refractivity contribution is 5.75. The van der Waals surface area contributed by atoms with Gasteiger partial charge in [-0.2, -0.15) is 0 Å². The smallest absolute Gasteiger partial charge is 0.220 e. The first-order valence-electron chi connectivity index (χ1n) is 6.10. The fourth-order valence-electron chi connectivity index (χ4n) is 1.52. The number of nitrogens with one attached hydrogen (secondary N) is 1. The molecule has 0 aromatic heterocycles. The van der Waals surface area contributed by atoms with E-state index in [1.54, 1.807) is 0 Å². The summed E-state index contributed by atoms with van der Waals surface area (Å²) in [6.45, 7) is 7.73. The molecule has 0 aliphatic carbocycles. The van der Waals surface area contributed by atoms with Crippen LogP contribution in [0.2, 0.25) is 0 Å². The summed E-state index contributed by atoms with van der Waals surface area (Å²) >= 11 is 0. The minimum absolute atomic E-state index is 0.148. The Labute approximate surface area is 99.5 Å². The second-order valence-corrected chi connectivity index (χ2v) is 4.91. The molecule has 0 spiro atoms. The fourth-order valence-corrected chi connectivity index (χ4v) is 1.52. The van der Waals surface area contributed by atoms with Crippen molar-refractivity contribution in [1.29, 1.82) is 0 Å². The number of hydrogen-bond acceptors (Lipinski definition) is 2. The van der Waals surface area contributed by atoms with E-state index < -0.39 is 0 Å². The molecule has 0 bridgehead atoms. The monoisotopic (exact) mass is 226 g/mol. The summed E-state index contributed by atoms with van der Waals surface area (Å²) in [5.41, 5.74) is 5.70. The molecular formula is C13H26N2O. The van der Waals surface area contributed by atoms with E-state index in [0.717, 1.165) is 25.8 Å². The third kappa shape index (κ3) is 8.48. The van der Waals surface area contributed by atoms with Crippen molar-refractivity contribution in [3.63, 3.8) is 0 Å². The van der Waals surface area contributed by atoms with Gasteiger partial charge in [-0.1, -0.05) is 26.0 Å². The first-order valence-corrected chi connectivity index (χ1v) is 6.10. The molecule has 0 rings (SSSR count). The van der Waals surface area contributed by atoms with Crippen molar-refractivity contribution in [3.05, 3.63) is 12.2 Å². The minimum Gasteiger partial charge on any atom is -0.356 e. The van der Waals surface area contributed by atoms with Crippen molar-refractivity contribution in [1.82, 2.24) is 5.32 Å². The van der Waals surface area contributed by atoms with E-state index in [-0.39, 0.29) is 11.3 Å². The van der Waals surface area contributed by atoms with Crippen LogP contribution in [0.5, 0.6) is 0 Å². The zero-order chi connectivity index (χ0) is 12.4. The molecule has 0 aliphatic heterocycles. The zero-order valence-corrected chi connectivity index (χ0v) is 10.9. The summed E-state index contributed by atoms with van der Waals surface area (Å²) < 4.78 is 0. The molecule has 0 saturated carbocycles. The highest BCUT2D eigenvalue weighted by Crippen LogP contribution is 2.25. The third-order valence-electron chi connectivity index (χ3n) is 2.72. The molecule has 0 atom stereocenters. The van der Waals surface area contributed by atoms with Gasteiger partial charge in [-0.25, -0.2) is 0 Å². The molecule has 0 saturated heterocycles. The summed E-state index contributed by atoms with van der Waals surface area (Å²) in [5, 5.41) is 2.91. The Morgan fingerprint density at radius 2 is 2.06 bits per heavy atom. The van der Waals surface area contributed by atoms with Crippen molar-refractivity contribution in [3.8, 4) is 0 Å². The SMILES string of the molecule is C/C=C/CCNC(=O)CCC(C)(C)CCN. The molecule has 0 fully saturated rings. The van der Waals surface area contributed by atoms with Crippen LogP contribution in [0.3, 0.4) is 0 Å². The van der Waals surface area contributed by atoms with E-state index in [1.807, 2.05) is 13.0 Å². The molecule has 0 unspecified atom stereocenters. The van der Waals surface area contributed by atoms with Crippen molar-refractivity contribution in [2.24, 2.45) is 11.1 Å². The molecule has 0 radical (unpaired) electrons. The highest BCUT2D eigenvalue weighted by Gasteiger charge is 2.17. The van der Waals surface area contributed by atoms with Crippen LogP contribution in [-0.2, 0) is 4.79 Å². The Balaban J connectivity index is 3.64. The average molecular weight is 226 g/mol. The normalized spacial score (nSPS) is 12.0. The van der Waals surface area contributed by atoms with E-state index in [4.69, 9.17) is 5.73 Å². The molecule has 3 nitrogen and oxygen atoms in total. The van der Waals surface area contributed by atoms with Crippen LogP contribution in [0.25, 0.3) is 0 Å². The Morgan fingerprint density at radius 3 is 2.62 bits per heavy atom. The van der Waals surface area contributed by atoms with E-state index >= 15 is 0 Å². The van der Waals surface area contributed by atoms with Gasteiger partial charge in [0.05, 0.1) is 0 Å². The van der Waals surface area contributed by atoms with Crippen LogP contribution >= 0.6 is 0 Å². The molecule has 94 valence electrons. The van der Waals surface area contributed by atoms with Gasteiger partial charge in [0.2, 0.25) is 5.91 Å². The molecule has 0 heterocycles. The first kappa shape index (κ1) is 15.2. The van der Waals surface area contributed by atoms with Gasteiger partial charge in [0.1, 0.15) is 0 Å². The van der Waals surface area contributed by atoms with E-state index in [9.17, 15) is 4.79 Å². The first-order chi connectivity index (χ1) is 7.52. The van der Waals surface area contributed by atoms with Gasteiger partial charge < -0.3 is 11.1 Å². The number of hydrogen-bond donors (Lipinski definition) is 2. The lowest BCUT2D eigenvalue weighted by molar-refractivity contribution is -0.121. The van der Waals surface area contributed by atoms with Gasteiger partial charge in [-0.15, -0.1) is 0 Å². The molecule has 3 heteroatoms. The van der Waals surface area contributed by atoms with E-state index in [2.05, 4.69) is 25.2 Å². The van der Waals surface area contributed by atoms with Gasteiger partial charge in [-0.3, -0.25) is 4.79 Å². The van der Waals surface area contributed by atoms with Crippen molar-refractivity contribution >= 4 is 5.91 Å². The molecular weight excluding hydrogens is 200 g/mol. The van der Waals surface area contributed by atoms with Crippen LogP contribution < -0.4 is 11.1 Å². The van der Waals surface area contributed by atoms with Crippen LogP contribution in [0.1, 0.15) is 46.5 Å². The maximum atomic E-state index is 11.5. The Hall–Kier alpha value is -0.830. The predicted octanol–water partition coefficient (Wildman–Crippen LogP) is 2.22. The second kappa shape index (κ2) is 8.34. The van der Waals surface area contributed by atoms with Gasteiger partial charge in [0, 0.05) is 13.0 Å². The number of amides is 1. The number of carbonyl (C=O) groups excluding carboxylic acids is 1. The second-order valence-electron chi connectivity index (χ2n) is 4.91. The fraction of sp³-hybridized carbons (Fsp3) is 0.769. The quantitative estimate of drug-likeness (QED) is 0.492. The predicted molar refractivity (Wildman–Crippen MR) is 69.1 cm³/mol. The number of allylic oxidation sites excluding steroid dienone is 1. The summed E-state index contributed by atoms with van der Waals surface area (Å²) in [5.74, 6) is 0.148. The standard InChI is InChI=1S/C13H26N2O/c1-4-5-6-11-15-12(16)7-8-13(2,3)9-10-14/h4-5H,6-11,14H2,1-3H3,(H,15,16)/b5-4+. The third-order valence-corrected chi connectivity index (χ3v) is 2.72. The molecule has 16 heavy (non-hydrogen) atoms. The zero-order valence-electron chi connectivity index (χ0n) is 10.9. The van der Waals surface area contributed by atoms with Crippen molar-refractivity contribution in [2.75, 3.05) is 13.1 Å². The number of nitrogens with two attached hydrogens (primary N) is 1. The van der Waals surface area contributed by atoms with Crippen LogP contribution in [0.4, 0.5) is 0 Å². The number of rotatable bonds is 8. The molecule has 1 amide bonds. The van der Waals surface area contributed by atoms with Gasteiger partial charge >= 0.3 is 0 Å². The Morgan fingerprint density at radius 1 is 1.38 bits per heavy atom. The maximum Gasteiger partial charge on any atom is 0.220 e. The largest absolute Gasteiger partial charge is 0.356 e. The number of carbonyl (C=O) groups is 1. The van der Waals surface area contributed by atoms with E-state index in [1.165, 1.54) is 0 Å². The lowest BCUT2D eigenvalue weighted by atomic mass is 9.84. The van der Waals surface area contributed by atoms with Crippen molar-refractivity contribution < 1.29 is 4.79 Å². The molecule has 0 aliphatic rings. The highest BCUT2D eigenvalue weighted by atomic mass is 16.1. The Bertz CT molecular complexity index is 222.